The average Bonchev–Trinajstić information content (AvgIpc) is 2.49. The molecule has 0 saturated heterocycles. The molecular weight excluding hydrogens is 261 g/mol. The van der Waals surface area contributed by atoms with E-state index in [0.717, 1.165) is 30.5 Å². The summed E-state index contributed by atoms with van der Waals surface area (Å²) in [5.41, 5.74) is 1.59. The van der Waals surface area contributed by atoms with Crippen LogP contribution in [0.3, 0.4) is 0 Å². The number of benzene rings is 1. The fourth-order valence-electron chi connectivity index (χ4n) is 2.75. The van der Waals surface area contributed by atoms with Gasteiger partial charge < -0.3 is 5.32 Å². The first-order chi connectivity index (χ1) is 10.2. The molecule has 0 aromatic heterocycles. The Labute approximate surface area is 130 Å². The Balaban J connectivity index is 2.53. The number of aryl methyl sites for hydroxylation is 1. The molecule has 0 aliphatic rings. The van der Waals surface area contributed by atoms with Crippen molar-refractivity contribution in [1.82, 2.24) is 5.32 Å². The zero-order chi connectivity index (χ0) is 15.5. The highest BCUT2D eigenvalue weighted by Gasteiger charge is 2.15. The summed E-state index contributed by atoms with van der Waals surface area (Å²) in [6.45, 7) is 7.20. The van der Waals surface area contributed by atoms with Crippen molar-refractivity contribution in [3.05, 3.63) is 35.1 Å². The SMILES string of the molecule is CCCCCCCCC(NCCC)c1cccc(C)c1F. The first-order valence-electron chi connectivity index (χ1n) is 8.69. The molecule has 1 unspecified atom stereocenters. The van der Waals surface area contributed by atoms with E-state index in [1.807, 2.05) is 25.1 Å². The van der Waals surface area contributed by atoms with Gasteiger partial charge in [0.05, 0.1) is 0 Å². The van der Waals surface area contributed by atoms with Crippen LogP contribution in [0.5, 0.6) is 0 Å². The lowest BCUT2D eigenvalue weighted by Gasteiger charge is -2.20. The van der Waals surface area contributed by atoms with Gasteiger partial charge in [0.15, 0.2) is 0 Å². The molecule has 0 saturated carbocycles. The molecular formula is C19H32FN. The molecule has 0 spiro atoms. The van der Waals surface area contributed by atoms with Crippen LogP contribution in [0.2, 0.25) is 0 Å². The lowest BCUT2D eigenvalue weighted by atomic mass is 9.97. The maximum absolute atomic E-state index is 14.3. The largest absolute Gasteiger partial charge is 0.310 e. The molecule has 0 bridgehead atoms. The van der Waals surface area contributed by atoms with E-state index >= 15 is 0 Å². The second kappa shape index (κ2) is 10.8. The first-order valence-corrected chi connectivity index (χ1v) is 8.69. The van der Waals surface area contributed by atoms with Crippen molar-refractivity contribution in [2.24, 2.45) is 0 Å². The van der Waals surface area contributed by atoms with E-state index in [1.165, 1.54) is 38.5 Å². The van der Waals surface area contributed by atoms with E-state index in [4.69, 9.17) is 0 Å². The van der Waals surface area contributed by atoms with Crippen LogP contribution < -0.4 is 5.32 Å². The van der Waals surface area contributed by atoms with Gasteiger partial charge in [-0.1, -0.05) is 70.6 Å². The molecule has 0 amide bonds. The monoisotopic (exact) mass is 293 g/mol. The molecule has 0 radical (unpaired) electrons. The van der Waals surface area contributed by atoms with Crippen molar-refractivity contribution in [1.29, 1.82) is 0 Å². The Hall–Kier alpha value is -0.890. The Morgan fingerprint density at radius 2 is 1.71 bits per heavy atom. The standard InChI is InChI=1S/C19H32FN/c1-4-6-7-8-9-10-14-18(21-15-5-2)17-13-11-12-16(3)19(17)20/h11-13,18,21H,4-10,14-15H2,1-3H3. The third-order valence-corrected chi connectivity index (χ3v) is 4.08. The van der Waals surface area contributed by atoms with Gasteiger partial charge in [0.25, 0.3) is 0 Å². The fourth-order valence-corrected chi connectivity index (χ4v) is 2.75. The summed E-state index contributed by atoms with van der Waals surface area (Å²) in [6.07, 6.45) is 9.83. The zero-order valence-electron chi connectivity index (χ0n) is 14.1. The molecule has 1 atom stereocenters. The lowest BCUT2D eigenvalue weighted by Crippen LogP contribution is -2.23. The molecule has 1 aromatic rings. The lowest BCUT2D eigenvalue weighted by molar-refractivity contribution is 0.447. The average molecular weight is 293 g/mol. The molecule has 120 valence electrons. The van der Waals surface area contributed by atoms with Crippen LogP contribution in [0, 0.1) is 12.7 Å². The number of rotatable bonds is 11. The van der Waals surface area contributed by atoms with Crippen LogP contribution in [0.25, 0.3) is 0 Å². The highest BCUT2D eigenvalue weighted by molar-refractivity contribution is 5.27. The van der Waals surface area contributed by atoms with Crippen LogP contribution in [0.1, 0.15) is 82.4 Å². The summed E-state index contributed by atoms with van der Waals surface area (Å²) in [7, 11) is 0. The van der Waals surface area contributed by atoms with E-state index in [0.29, 0.717) is 0 Å². The van der Waals surface area contributed by atoms with E-state index < -0.39 is 0 Å². The minimum absolute atomic E-state index is 0.0305. The van der Waals surface area contributed by atoms with Gasteiger partial charge in [0.1, 0.15) is 5.82 Å². The van der Waals surface area contributed by atoms with Crippen LogP contribution in [0.15, 0.2) is 18.2 Å². The van der Waals surface area contributed by atoms with E-state index in [9.17, 15) is 4.39 Å². The molecule has 0 heterocycles. The topological polar surface area (TPSA) is 12.0 Å². The van der Waals surface area contributed by atoms with Gasteiger partial charge >= 0.3 is 0 Å². The normalized spacial score (nSPS) is 12.6. The predicted octanol–water partition coefficient (Wildman–Crippen LogP) is 5.93. The second-order valence-electron chi connectivity index (χ2n) is 6.04. The van der Waals surface area contributed by atoms with Gasteiger partial charge in [-0.3, -0.25) is 0 Å². The van der Waals surface area contributed by atoms with Crippen LogP contribution in [-0.2, 0) is 0 Å². The minimum atomic E-state index is -0.0305. The Kier molecular flexibility index (Phi) is 9.32. The summed E-state index contributed by atoms with van der Waals surface area (Å²) < 4.78 is 14.3. The molecule has 1 nitrogen and oxygen atoms in total. The molecule has 0 aliphatic heterocycles. The second-order valence-corrected chi connectivity index (χ2v) is 6.04. The van der Waals surface area contributed by atoms with Crippen molar-refractivity contribution in [3.63, 3.8) is 0 Å². The van der Waals surface area contributed by atoms with Gasteiger partial charge in [-0.2, -0.15) is 0 Å². The van der Waals surface area contributed by atoms with Crippen molar-refractivity contribution < 1.29 is 4.39 Å². The molecule has 1 N–H and O–H groups in total. The number of nitrogens with one attached hydrogen (secondary N) is 1. The smallest absolute Gasteiger partial charge is 0.130 e. The molecule has 21 heavy (non-hydrogen) atoms. The zero-order valence-corrected chi connectivity index (χ0v) is 14.1. The van der Waals surface area contributed by atoms with Gasteiger partial charge in [-0.05, 0) is 31.9 Å². The van der Waals surface area contributed by atoms with Crippen LogP contribution in [0.4, 0.5) is 4.39 Å². The minimum Gasteiger partial charge on any atom is -0.310 e. The Morgan fingerprint density at radius 1 is 1.00 bits per heavy atom. The van der Waals surface area contributed by atoms with E-state index in [-0.39, 0.29) is 11.9 Å². The number of hydrogen-bond acceptors (Lipinski definition) is 1. The van der Waals surface area contributed by atoms with Crippen molar-refractivity contribution in [2.75, 3.05) is 6.54 Å². The van der Waals surface area contributed by atoms with Gasteiger partial charge in [-0.25, -0.2) is 4.39 Å². The molecule has 0 fully saturated rings. The highest BCUT2D eigenvalue weighted by Crippen LogP contribution is 2.24. The Bertz CT molecular complexity index is 389. The summed E-state index contributed by atoms with van der Waals surface area (Å²) in [6, 6.07) is 5.92. The maximum atomic E-state index is 14.3. The highest BCUT2D eigenvalue weighted by atomic mass is 19.1. The van der Waals surface area contributed by atoms with E-state index in [1.54, 1.807) is 0 Å². The number of halogens is 1. The molecule has 0 aliphatic carbocycles. The fraction of sp³-hybridized carbons (Fsp3) is 0.684. The molecule has 1 rings (SSSR count). The number of hydrogen-bond donors (Lipinski definition) is 1. The summed E-state index contributed by atoms with van der Waals surface area (Å²) in [5.74, 6) is -0.0305. The third kappa shape index (κ3) is 6.60. The molecule has 2 heteroatoms. The van der Waals surface area contributed by atoms with Gasteiger partial charge in [-0.15, -0.1) is 0 Å². The van der Waals surface area contributed by atoms with Crippen LogP contribution in [-0.4, -0.2) is 6.54 Å². The first kappa shape index (κ1) is 18.2. The molecule has 1 aromatic carbocycles. The van der Waals surface area contributed by atoms with Gasteiger partial charge in [0, 0.05) is 11.6 Å². The maximum Gasteiger partial charge on any atom is 0.130 e. The Morgan fingerprint density at radius 3 is 2.43 bits per heavy atom. The van der Waals surface area contributed by atoms with Crippen molar-refractivity contribution in [2.45, 2.75) is 78.2 Å². The summed E-state index contributed by atoms with van der Waals surface area (Å²) in [4.78, 5) is 0. The van der Waals surface area contributed by atoms with Crippen molar-refractivity contribution >= 4 is 0 Å². The predicted molar refractivity (Wildman–Crippen MR) is 90.2 cm³/mol. The quantitative estimate of drug-likeness (QED) is 0.499. The summed E-state index contributed by atoms with van der Waals surface area (Å²) in [5, 5.41) is 3.52. The van der Waals surface area contributed by atoms with Crippen LogP contribution >= 0.6 is 0 Å². The van der Waals surface area contributed by atoms with Gasteiger partial charge in [0.2, 0.25) is 0 Å². The summed E-state index contributed by atoms with van der Waals surface area (Å²) >= 11 is 0. The van der Waals surface area contributed by atoms with Crippen molar-refractivity contribution in [3.8, 4) is 0 Å². The van der Waals surface area contributed by atoms with E-state index in [2.05, 4.69) is 19.2 Å². The third-order valence-electron chi connectivity index (χ3n) is 4.08. The number of unbranched alkanes of at least 4 members (excludes halogenated alkanes) is 5.